The van der Waals surface area contributed by atoms with Crippen LogP contribution in [0.15, 0.2) is 12.4 Å². The molecule has 5 nitrogen and oxygen atoms in total. The SMILES string of the molecule is CCc1cc(NC(CC(C)C)C(=O)OC)ncn1. The molecule has 1 rings (SSSR count). The van der Waals surface area contributed by atoms with Crippen molar-refractivity contribution in [3.63, 3.8) is 0 Å². The van der Waals surface area contributed by atoms with Gasteiger partial charge in [0.25, 0.3) is 0 Å². The number of methoxy groups -OCH3 is 1. The van der Waals surface area contributed by atoms with Crippen molar-refractivity contribution in [2.45, 2.75) is 39.7 Å². The van der Waals surface area contributed by atoms with Crippen molar-refractivity contribution >= 4 is 11.8 Å². The quantitative estimate of drug-likeness (QED) is 0.784. The Morgan fingerprint density at radius 3 is 2.72 bits per heavy atom. The van der Waals surface area contributed by atoms with Crippen LogP contribution >= 0.6 is 0 Å². The van der Waals surface area contributed by atoms with Crippen molar-refractivity contribution in [2.24, 2.45) is 5.92 Å². The van der Waals surface area contributed by atoms with E-state index in [1.165, 1.54) is 13.4 Å². The standard InChI is InChI=1S/C13H21N3O2/c1-5-10-7-12(15-8-14-10)16-11(6-9(2)3)13(17)18-4/h7-9,11H,5-6H2,1-4H3,(H,14,15,16). The maximum atomic E-state index is 11.7. The fourth-order valence-corrected chi connectivity index (χ4v) is 1.68. The molecule has 0 bridgehead atoms. The molecule has 0 amide bonds. The van der Waals surface area contributed by atoms with Crippen LogP contribution in [-0.4, -0.2) is 29.1 Å². The van der Waals surface area contributed by atoms with Crippen LogP contribution in [0.4, 0.5) is 5.82 Å². The second-order valence-corrected chi connectivity index (χ2v) is 4.60. The lowest BCUT2D eigenvalue weighted by Gasteiger charge is -2.18. The Balaban J connectivity index is 2.78. The lowest BCUT2D eigenvalue weighted by Crippen LogP contribution is -2.32. The summed E-state index contributed by atoms with van der Waals surface area (Å²) in [6.07, 6.45) is 3.05. The summed E-state index contributed by atoms with van der Waals surface area (Å²) >= 11 is 0. The topological polar surface area (TPSA) is 64.1 Å². The molecular weight excluding hydrogens is 230 g/mol. The minimum atomic E-state index is -0.366. The Labute approximate surface area is 108 Å². The second kappa shape index (κ2) is 6.93. The molecule has 1 aromatic heterocycles. The van der Waals surface area contributed by atoms with Gasteiger partial charge in [-0.25, -0.2) is 14.8 Å². The summed E-state index contributed by atoms with van der Waals surface area (Å²) in [5.41, 5.74) is 0.945. The molecule has 0 saturated carbocycles. The molecule has 0 saturated heterocycles. The van der Waals surface area contributed by atoms with E-state index in [4.69, 9.17) is 4.74 Å². The molecule has 1 N–H and O–H groups in total. The van der Waals surface area contributed by atoms with E-state index < -0.39 is 0 Å². The molecule has 1 aromatic rings. The maximum Gasteiger partial charge on any atom is 0.328 e. The van der Waals surface area contributed by atoms with Crippen molar-refractivity contribution in [1.82, 2.24) is 9.97 Å². The van der Waals surface area contributed by atoms with E-state index in [0.29, 0.717) is 18.2 Å². The highest BCUT2D eigenvalue weighted by Gasteiger charge is 2.20. The fourth-order valence-electron chi connectivity index (χ4n) is 1.68. The van der Waals surface area contributed by atoms with E-state index in [2.05, 4.69) is 29.1 Å². The number of esters is 1. The van der Waals surface area contributed by atoms with Crippen molar-refractivity contribution in [3.8, 4) is 0 Å². The smallest absolute Gasteiger partial charge is 0.328 e. The maximum absolute atomic E-state index is 11.7. The Bertz CT molecular complexity index is 394. The van der Waals surface area contributed by atoms with Crippen LogP contribution in [0.2, 0.25) is 0 Å². The van der Waals surface area contributed by atoms with Crippen LogP contribution in [0.5, 0.6) is 0 Å². The van der Waals surface area contributed by atoms with Gasteiger partial charge in [-0.1, -0.05) is 20.8 Å². The zero-order chi connectivity index (χ0) is 13.5. The lowest BCUT2D eigenvalue weighted by atomic mass is 10.0. The number of nitrogens with one attached hydrogen (secondary N) is 1. The predicted molar refractivity (Wildman–Crippen MR) is 70.3 cm³/mol. The Kier molecular flexibility index (Phi) is 5.55. The molecule has 5 heteroatoms. The van der Waals surface area contributed by atoms with Crippen LogP contribution < -0.4 is 5.32 Å². The third-order valence-electron chi connectivity index (χ3n) is 2.60. The molecular formula is C13H21N3O2. The zero-order valence-corrected chi connectivity index (χ0v) is 11.4. The van der Waals surface area contributed by atoms with Crippen molar-refractivity contribution in [3.05, 3.63) is 18.1 Å². The molecule has 100 valence electrons. The summed E-state index contributed by atoms with van der Waals surface area (Å²) in [5, 5.41) is 3.11. The first kappa shape index (κ1) is 14.4. The van der Waals surface area contributed by atoms with Gasteiger partial charge in [-0.15, -0.1) is 0 Å². The average Bonchev–Trinajstić information content (AvgIpc) is 2.36. The van der Waals surface area contributed by atoms with Gasteiger partial charge < -0.3 is 10.1 Å². The largest absolute Gasteiger partial charge is 0.467 e. The van der Waals surface area contributed by atoms with Crippen LogP contribution in [0.3, 0.4) is 0 Å². The first-order chi connectivity index (χ1) is 8.56. The summed E-state index contributed by atoms with van der Waals surface area (Å²) in [6.45, 7) is 6.15. The van der Waals surface area contributed by atoms with E-state index >= 15 is 0 Å². The van der Waals surface area contributed by atoms with E-state index in [1.54, 1.807) is 0 Å². The van der Waals surface area contributed by atoms with E-state index in [1.807, 2.05) is 13.0 Å². The van der Waals surface area contributed by atoms with Crippen LogP contribution in [0, 0.1) is 5.92 Å². The summed E-state index contributed by atoms with van der Waals surface area (Å²) < 4.78 is 4.80. The van der Waals surface area contributed by atoms with E-state index in [-0.39, 0.29) is 12.0 Å². The molecule has 0 aromatic carbocycles. The van der Waals surface area contributed by atoms with E-state index in [9.17, 15) is 4.79 Å². The van der Waals surface area contributed by atoms with Gasteiger partial charge in [0.05, 0.1) is 7.11 Å². The van der Waals surface area contributed by atoms with Gasteiger partial charge in [0, 0.05) is 11.8 Å². The van der Waals surface area contributed by atoms with Crippen molar-refractivity contribution in [2.75, 3.05) is 12.4 Å². The lowest BCUT2D eigenvalue weighted by molar-refractivity contribution is -0.141. The molecule has 1 unspecified atom stereocenters. The Hall–Kier alpha value is -1.65. The molecule has 0 aliphatic heterocycles. The molecule has 0 spiro atoms. The zero-order valence-electron chi connectivity index (χ0n) is 11.4. The van der Waals surface area contributed by atoms with Crippen LogP contribution in [-0.2, 0) is 16.0 Å². The van der Waals surface area contributed by atoms with Gasteiger partial charge in [-0.05, 0) is 18.8 Å². The third-order valence-corrected chi connectivity index (χ3v) is 2.60. The number of anilines is 1. The summed E-state index contributed by atoms with van der Waals surface area (Å²) in [7, 11) is 1.40. The number of rotatable bonds is 6. The molecule has 1 heterocycles. The summed E-state index contributed by atoms with van der Waals surface area (Å²) in [4.78, 5) is 19.9. The monoisotopic (exact) mass is 251 g/mol. The number of ether oxygens (including phenoxy) is 1. The minimum absolute atomic E-state index is 0.264. The Morgan fingerprint density at radius 2 is 2.17 bits per heavy atom. The highest BCUT2D eigenvalue weighted by atomic mass is 16.5. The van der Waals surface area contributed by atoms with Gasteiger partial charge in [0.2, 0.25) is 0 Å². The number of aromatic nitrogens is 2. The van der Waals surface area contributed by atoms with Crippen molar-refractivity contribution < 1.29 is 9.53 Å². The Morgan fingerprint density at radius 1 is 1.44 bits per heavy atom. The van der Waals surface area contributed by atoms with Crippen molar-refractivity contribution in [1.29, 1.82) is 0 Å². The highest BCUT2D eigenvalue weighted by Crippen LogP contribution is 2.13. The summed E-state index contributed by atoms with van der Waals surface area (Å²) in [5.74, 6) is 0.798. The average molecular weight is 251 g/mol. The molecule has 0 aliphatic carbocycles. The van der Waals surface area contributed by atoms with Gasteiger partial charge in [0.15, 0.2) is 0 Å². The molecule has 1 atom stereocenters. The number of hydrogen-bond acceptors (Lipinski definition) is 5. The van der Waals surface area contributed by atoms with Crippen LogP contribution in [0.25, 0.3) is 0 Å². The van der Waals surface area contributed by atoms with Gasteiger partial charge in [-0.3, -0.25) is 0 Å². The number of carbonyl (C=O) groups is 1. The highest BCUT2D eigenvalue weighted by molar-refractivity contribution is 5.78. The first-order valence-electron chi connectivity index (χ1n) is 6.22. The minimum Gasteiger partial charge on any atom is -0.467 e. The first-order valence-corrected chi connectivity index (χ1v) is 6.22. The van der Waals surface area contributed by atoms with E-state index in [0.717, 1.165) is 12.1 Å². The normalized spacial score (nSPS) is 12.3. The molecule has 0 radical (unpaired) electrons. The van der Waals surface area contributed by atoms with Gasteiger partial charge >= 0.3 is 5.97 Å². The fraction of sp³-hybridized carbons (Fsp3) is 0.615. The third kappa shape index (κ3) is 4.31. The number of carbonyl (C=O) groups excluding carboxylic acids is 1. The molecule has 0 fully saturated rings. The molecule has 0 aliphatic rings. The van der Waals surface area contributed by atoms with Gasteiger partial charge in [0.1, 0.15) is 18.2 Å². The van der Waals surface area contributed by atoms with Gasteiger partial charge in [-0.2, -0.15) is 0 Å². The second-order valence-electron chi connectivity index (χ2n) is 4.60. The number of hydrogen-bond donors (Lipinski definition) is 1. The summed E-state index contributed by atoms with van der Waals surface area (Å²) in [6, 6.07) is 1.49. The number of aryl methyl sites for hydroxylation is 1. The number of nitrogens with zero attached hydrogens (tertiary/aromatic N) is 2. The van der Waals surface area contributed by atoms with Crippen LogP contribution in [0.1, 0.15) is 32.9 Å². The predicted octanol–water partition coefficient (Wildman–Crippen LogP) is 2.04. The molecule has 18 heavy (non-hydrogen) atoms.